The molecule has 0 unspecified atom stereocenters. The Balaban J connectivity index is 2.02. The average Bonchev–Trinajstić information content (AvgIpc) is 2.78. The molecular weight excluding hydrogens is 312 g/mol. The molecule has 0 radical (unpaired) electrons. The molecule has 1 aromatic rings. The third-order valence-corrected chi connectivity index (χ3v) is 3.72. The van der Waals surface area contributed by atoms with Gasteiger partial charge < -0.3 is 10.1 Å². The fourth-order valence-electron chi connectivity index (χ4n) is 2.13. The van der Waals surface area contributed by atoms with Crippen molar-refractivity contribution in [2.24, 2.45) is 0 Å². The molecule has 1 fully saturated rings. The number of rotatable bonds is 6. The van der Waals surface area contributed by atoms with E-state index in [2.05, 4.69) is 31.2 Å². The third kappa shape index (κ3) is 3.85. The molecule has 0 amide bonds. The van der Waals surface area contributed by atoms with Crippen LogP contribution in [0.1, 0.15) is 10.5 Å². The average molecular weight is 331 g/mol. The number of nitrogens with zero attached hydrogens (tertiary/aromatic N) is 3. The molecule has 1 aliphatic rings. The molecule has 1 aromatic heterocycles. The molecule has 0 atom stereocenters. The van der Waals surface area contributed by atoms with Crippen LogP contribution in [0.3, 0.4) is 0 Å². The Morgan fingerprint density at radius 2 is 2.26 bits per heavy atom. The van der Waals surface area contributed by atoms with Crippen LogP contribution in [-0.2, 0) is 11.3 Å². The Kier molecular flexibility index (Phi) is 5.50. The number of ether oxygens (including phenoxy) is 1. The van der Waals surface area contributed by atoms with Crippen LogP contribution in [0.2, 0.25) is 0 Å². The van der Waals surface area contributed by atoms with Crippen LogP contribution in [0.15, 0.2) is 10.7 Å². The summed E-state index contributed by atoms with van der Waals surface area (Å²) in [4.78, 5) is 14.6. The van der Waals surface area contributed by atoms with Crippen molar-refractivity contribution in [3.63, 3.8) is 0 Å². The Morgan fingerprint density at radius 3 is 2.95 bits per heavy atom. The lowest BCUT2D eigenvalue weighted by molar-refractivity contribution is 0.0906. The first-order chi connectivity index (χ1) is 9.22. The van der Waals surface area contributed by atoms with E-state index in [4.69, 9.17) is 4.74 Å². The van der Waals surface area contributed by atoms with Gasteiger partial charge >= 0.3 is 0 Å². The second-order valence-electron chi connectivity index (χ2n) is 4.51. The Morgan fingerprint density at radius 1 is 1.53 bits per heavy atom. The SMILES string of the molecule is COCCn1ncc(Br)c1C(=O)CN1CCNCC1. The number of ketones is 1. The van der Waals surface area contributed by atoms with Gasteiger partial charge in [-0.3, -0.25) is 14.4 Å². The van der Waals surface area contributed by atoms with Crippen LogP contribution in [0, 0.1) is 0 Å². The summed E-state index contributed by atoms with van der Waals surface area (Å²) in [6, 6.07) is 0. The van der Waals surface area contributed by atoms with E-state index in [1.54, 1.807) is 18.0 Å². The van der Waals surface area contributed by atoms with E-state index in [9.17, 15) is 4.79 Å². The van der Waals surface area contributed by atoms with Gasteiger partial charge in [0.25, 0.3) is 0 Å². The van der Waals surface area contributed by atoms with Crippen molar-refractivity contribution < 1.29 is 9.53 Å². The predicted molar refractivity (Wildman–Crippen MR) is 75.4 cm³/mol. The third-order valence-electron chi connectivity index (χ3n) is 3.14. The van der Waals surface area contributed by atoms with Crippen molar-refractivity contribution >= 4 is 21.7 Å². The monoisotopic (exact) mass is 330 g/mol. The van der Waals surface area contributed by atoms with Crippen molar-refractivity contribution in [2.75, 3.05) is 46.4 Å². The number of hydrogen-bond donors (Lipinski definition) is 1. The second-order valence-corrected chi connectivity index (χ2v) is 5.36. The summed E-state index contributed by atoms with van der Waals surface area (Å²) >= 11 is 3.40. The van der Waals surface area contributed by atoms with E-state index in [0.29, 0.717) is 25.4 Å². The van der Waals surface area contributed by atoms with Crippen molar-refractivity contribution in [1.29, 1.82) is 0 Å². The van der Waals surface area contributed by atoms with Gasteiger partial charge in [-0.1, -0.05) is 0 Å². The highest BCUT2D eigenvalue weighted by Crippen LogP contribution is 2.17. The summed E-state index contributed by atoms with van der Waals surface area (Å²) in [7, 11) is 1.64. The topological polar surface area (TPSA) is 59.4 Å². The molecule has 6 nitrogen and oxygen atoms in total. The van der Waals surface area contributed by atoms with Crippen LogP contribution in [-0.4, -0.2) is 66.9 Å². The molecule has 0 saturated carbocycles. The molecule has 106 valence electrons. The lowest BCUT2D eigenvalue weighted by Crippen LogP contribution is -2.45. The van der Waals surface area contributed by atoms with Gasteiger partial charge in [-0.05, 0) is 15.9 Å². The van der Waals surface area contributed by atoms with E-state index < -0.39 is 0 Å². The molecule has 7 heteroatoms. The first kappa shape index (κ1) is 14.6. The minimum absolute atomic E-state index is 0.0994. The summed E-state index contributed by atoms with van der Waals surface area (Å²) < 4.78 is 7.49. The van der Waals surface area contributed by atoms with Crippen LogP contribution in [0.4, 0.5) is 0 Å². The summed E-state index contributed by atoms with van der Waals surface area (Å²) in [5.41, 5.74) is 0.635. The molecule has 19 heavy (non-hydrogen) atoms. The number of hydrogen-bond acceptors (Lipinski definition) is 5. The first-order valence-corrected chi connectivity index (χ1v) is 7.18. The van der Waals surface area contributed by atoms with E-state index in [0.717, 1.165) is 30.7 Å². The second kappa shape index (κ2) is 7.14. The Bertz CT molecular complexity index is 429. The van der Waals surface area contributed by atoms with Crippen molar-refractivity contribution in [3.05, 3.63) is 16.4 Å². The lowest BCUT2D eigenvalue weighted by Gasteiger charge is -2.26. The number of carbonyl (C=O) groups is 1. The van der Waals surface area contributed by atoms with Crippen LogP contribution >= 0.6 is 15.9 Å². The minimum Gasteiger partial charge on any atom is -0.383 e. The molecule has 1 N–H and O–H groups in total. The van der Waals surface area contributed by atoms with Crippen LogP contribution < -0.4 is 5.32 Å². The molecule has 1 aliphatic heterocycles. The van der Waals surface area contributed by atoms with Gasteiger partial charge in [0, 0.05) is 33.3 Å². The molecule has 2 heterocycles. The zero-order valence-electron chi connectivity index (χ0n) is 11.1. The number of carbonyl (C=O) groups excluding carboxylic acids is 1. The Hall–Kier alpha value is -0.760. The maximum Gasteiger partial charge on any atom is 0.195 e. The number of piperazine rings is 1. The Labute approximate surface area is 121 Å². The highest BCUT2D eigenvalue weighted by atomic mass is 79.9. The molecule has 2 rings (SSSR count). The molecule has 0 aliphatic carbocycles. The summed E-state index contributed by atoms with van der Waals surface area (Å²) in [6.45, 7) is 5.28. The zero-order chi connectivity index (χ0) is 13.7. The number of nitrogens with one attached hydrogen (secondary N) is 1. The summed E-state index contributed by atoms with van der Waals surface area (Å²) in [5, 5.41) is 7.48. The number of Topliss-reactive ketones (excluding diaryl/α,β-unsaturated/α-hetero) is 1. The van der Waals surface area contributed by atoms with Crippen molar-refractivity contribution in [1.82, 2.24) is 20.0 Å². The maximum absolute atomic E-state index is 12.4. The standard InChI is InChI=1S/C12H19BrN4O2/c1-19-7-6-17-12(10(13)8-15-17)11(18)9-16-4-2-14-3-5-16/h8,14H,2-7,9H2,1H3. The summed E-state index contributed by atoms with van der Waals surface area (Å²) in [6.07, 6.45) is 1.67. The van der Waals surface area contributed by atoms with Crippen LogP contribution in [0.25, 0.3) is 0 Å². The first-order valence-electron chi connectivity index (χ1n) is 6.39. The number of aromatic nitrogens is 2. The highest BCUT2D eigenvalue weighted by molar-refractivity contribution is 9.10. The minimum atomic E-state index is 0.0994. The van der Waals surface area contributed by atoms with Crippen molar-refractivity contribution in [2.45, 2.75) is 6.54 Å². The molecule has 1 saturated heterocycles. The van der Waals surface area contributed by atoms with Gasteiger partial charge in [0.1, 0.15) is 5.69 Å². The number of methoxy groups -OCH3 is 1. The van der Waals surface area contributed by atoms with Gasteiger partial charge in [0.15, 0.2) is 5.78 Å². The highest BCUT2D eigenvalue weighted by Gasteiger charge is 2.20. The summed E-state index contributed by atoms with van der Waals surface area (Å²) in [5.74, 6) is 0.0994. The molecule has 0 spiro atoms. The lowest BCUT2D eigenvalue weighted by atomic mass is 10.2. The van der Waals surface area contributed by atoms with Gasteiger partial charge in [0.2, 0.25) is 0 Å². The van der Waals surface area contributed by atoms with Gasteiger partial charge in [0.05, 0.1) is 30.4 Å². The van der Waals surface area contributed by atoms with Crippen LogP contribution in [0.5, 0.6) is 0 Å². The fraction of sp³-hybridized carbons (Fsp3) is 0.667. The quantitative estimate of drug-likeness (QED) is 0.764. The fourth-order valence-corrected chi connectivity index (χ4v) is 2.65. The zero-order valence-corrected chi connectivity index (χ0v) is 12.6. The largest absolute Gasteiger partial charge is 0.383 e. The molecular formula is C12H19BrN4O2. The number of halogens is 1. The maximum atomic E-state index is 12.4. The van der Waals surface area contributed by atoms with Gasteiger partial charge in [-0.25, -0.2) is 0 Å². The predicted octanol–water partition coefficient (Wildman–Crippen LogP) is 0.380. The van der Waals surface area contributed by atoms with E-state index in [-0.39, 0.29) is 5.78 Å². The smallest absolute Gasteiger partial charge is 0.195 e. The van der Waals surface area contributed by atoms with E-state index in [1.165, 1.54) is 0 Å². The van der Waals surface area contributed by atoms with Crippen molar-refractivity contribution in [3.8, 4) is 0 Å². The molecule has 0 bridgehead atoms. The van der Waals surface area contributed by atoms with Gasteiger partial charge in [-0.2, -0.15) is 5.10 Å². The van der Waals surface area contributed by atoms with E-state index >= 15 is 0 Å². The van der Waals surface area contributed by atoms with E-state index in [1.807, 2.05) is 0 Å². The normalized spacial score (nSPS) is 16.7. The molecule has 0 aromatic carbocycles. The van der Waals surface area contributed by atoms with Gasteiger partial charge in [-0.15, -0.1) is 0 Å².